The van der Waals surface area contributed by atoms with Gasteiger partial charge in [-0.3, -0.25) is 9.59 Å². The van der Waals surface area contributed by atoms with Crippen molar-refractivity contribution in [1.82, 2.24) is 5.32 Å². The monoisotopic (exact) mass is 457 g/mol. The van der Waals surface area contributed by atoms with E-state index in [0.717, 1.165) is 74.8 Å². The van der Waals surface area contributed by atoms with Gasteiger partial charge < -0.3 is 14.8 Å². The van der Waals surface area contributed by atoms with E-state index in [-0.39, 0.29) is 47.0 Å². The molecule has 1 atom stereocenters. The Hall–Kier alpha value is -2.11. The number of allylic oxidation sites excluding steroid dienone is 3. The number of rotatable bonds is 4. The number of carbonyl (C=O) groups is 3. The van der Waals surface area contributed by atoms with Gasteiger partial charge in [0.05, 0.1) is 18.6 Å². The fourth-order valence-electron chi connectivity index (χ4n) is 6.48. The summed E-state index contributed by atoms with van der Waals surface area (Å²) in [5, 5.41) is 3.44. The van der Waals surface area contributed by atoms with Crippen LogP contribution in [0.4, 0.5) is 0 Å². The number of esters is 2. The molecule has 0 amide bonds. The van der Waals surface area contributed by atoms with E-state index in [9.17, 15) is 14.4 Å². The van der Waals surface area contributed by atoms with Gasteiger partial charge in [-0.05, 0) is 76.0 Å². The van der Waals surface area contributed by atoms with Crippen LogP contribution in [0.1, 0.15) is 91.4 Å². The standard InChI is InChI=1S/C27H39NO5/c1-16-22(26(31)33-19-8-6-5-7-9-19)23(17-10-12-18(13-11-17)25(30)32-4)24-20(28-16)14-27(2,3)15-21(24)29/h17-19,23,28H,5-15H2,1-4H3. The zero-order valence-corrected chi connectivity index (χ0v) is 20.6. The maximum atomic E-state index is 13.5. The van der Waals surface area contributed by atoms with Crippen LogP contribution in [0.5, 0.6) is 0 Å². The number of Topliss-reactive ketones (excluding diaryl/α,β-unsaturated/α-hetero) is 1. The van der Waals surface area contributed by atoms with E-state index in [1.54, 1.807) is 0 Å². The Morgan fingerprint density at radius 1 is 0.970 bits per heavy atom. The summed E-state index contributed by atoms with van der Waals surface area (Å²) in [5.74, 6) is -0.477. The Labute approximate surface area is 197 Å². The summed E-state index contributed by atoms with van der Waals surface area (Å²) in [7, 11) is 1.44. The first-order valence-corrected chi connectivity index (χ1v) is 12.7. The molecule has 6 nitrogen and oxygen atoms in total. The highest BCUT2D eigenvalue weighted by Gasteiger charge is 2.46. The number of hydrogen-bond acceptors (Lipinski definition) is 6. The average molecular weight is 458 g/mol. The number of nitrogens with one attached hydrogen (secondary N) is 1. The molecule has 0 aromatic heterocycles. The van der Waals surface area contributed by atoms with Gasteiger partial charge in [0.25, 0.3) is 0 Å². The second-order valence-electron chi connectivity index (χ2n) is 11.3. The molecule has 0 aromatic carbocycles. The smallest absolute Gasteiger partial charge is 0.336 e. The van der Waals surface area contributed by atoms with E-state index in [4.69, 9.17) is 9.47 Å². The van der Waals surface area contributed by atoms with Gasteiger partial charge in [0.1, 0.15) is 6.10 Å². The molecule has 3 aliphatic carbocycles. The molecule has 0 aromatic rings. The van der Waals surface area contributed by atoms with Gasteiger partial charge in [0.15, 0.2) is 5.78 Å². The largest absolute Gasteiger partial charge is 0.469 e. The van der Waals surface area contributed by atoms with Crippen LogP contribution in [0.25, 0.3) is 0 Å². The van der Waals surface area contributed by atoms with Gasteiger partial charge in [-0.25, -0.2) is 4.79 Å². The Morgan fingerprint density at radius 2 is 1.64 bits per heavy atom. The molecule has 1 aliphatic heterocycles. The summed E-state index contributed by atoms with van der Waals surface area (Å²) in [6.45, 7) is 6.19. The summed E-state index contributed by atoms with van der Waals surface area (Å²) in [5.41, 5.74) is 3.12. The van der Waals surface area contributed by atoms with Gasteiger partial charge in [0.2, 0.25) is 0 Å². The number of methoxy groups -OCH3 is 1. The normalized spacial score (nSPS) is 30.4. The van der Waals surface area contributed by atoms with Gasteiger partial charge in [-0.1, -0.05) is 20.3 Å². The van der Waals surface area contributed by atoms with Crippen molar-refractivity contribution < 1.29 is 23.9 Å². The van der Waals surface area contributed by atoms with Crippen LogP contribution in [0.15, 0.2) is 22.5 Å². The first-order valence-electron chi connectivity index (χ1n) is 12.7. The molecule has 33 heavy (non-hydrogen) atoms. The second kappa shape index (κ2) is 9.63. The first-order chi connectivity index (χ1) is 15.7. The summed E-state index contributed by atoms with van der Waals surface area (Å²) < 4.78 is 11.0. The molecule has 4 aliphatic rings. The molecule has 182 valence electrons. The molecule has 1 heterocycles. The molecule has 0 radical (unpaired) electrons. The number of hydrogen-bond donors (Lipinski definition) is 1. The fraction of sp³-hybridized carbons (Fsp3) is 0.741. The molecular weight excluding hydrogens is 418 g/mol. The Bertz CT molecular complexity index is 869. The van der Waals surface area contributed by atoms with Crippen LogP contribution in [0.2, 0.25) is 0 Å². The minimum Gasteiger partial charge on any atom is -0.469 e. The van der Waals surface area contributed by atoms with Crippen molar-refractivity contribution in [3.05, 3.63) is 22.5 Å². The summed E-state index contributed by atoms with van der Waals surface area (Å²) in [6.07, 6.45) is 9.54. The van der Waals surface area contributed by atoms with Crippen LogP contribution >= 0.6 is 0 Å². The number of dihydropyridines is 1. The van der Waals surface area contributed by atoms with Gasteiger partial charge in [-0.2, -0.15) is 0 Å². The highest BCUT2D eigenvalue weighted by Crippen LogP contribution is 2.49. The maximum absolute atomic E-state index is 13.5. The SMILES string of the molecule is COC(=O)C1CCC(C2C(C(=O)OC3CCCCC3)=C(C)NC3=C2C(=O)CC(C)(C)C3)CC1. The molecule has 4 rings (SSSR count). The van der Waals surface area contributed by atoms with E-state index >= 15 is 0 Å². The predicted molar refractivity (Wildman–Crippen MR) is 125 cm³/mol. The molecule has 1 unspecified atom stereocenters. The van der Waals surface area contributed by atoms with Crippen molar-refractivity contribution >= 4 is 17.7 Å². The topological polar surface area (TPSA) is 81.7 Å². The third kappa shape index (κ3) is 5.04. The molecule has 0 spiro atoms. The minimum atomic E-state index is -0.267. The van der Waals surface area contributed by atoms with Crippen LogP contribution < -0.4 is 5.32 Å². The quantitative estimate of drug-likeness (QED) is 0.600. The van der Waals surface area contributed by atoms with Crippen LogP contribution in [-0.2, 0) is 23.9 Å². The lowest BCUT2D eigenvalue weighted by Gasteiger charge is -2.43. The van der Waals surface area contributed by atoms with Crippen LogP contribution in [-0.4, -0.2) is 30.9 Å². The number of ether oxygens (including phenoxy) is 2. The predicted octanol–water partition coefficient (Wildman–Crippen LogP) is 4.98. The van der Waals surface area contributed by atoms with E-state index in [0.29, 0.717) is 12.0 Å². The molecule has 1 N–H and O–H groups in total. The lowest BCUT2D eigenvalue weighted by Crippen LogP contribution is -2.43. The van der Waals surface area contributed by atoms with Gasteiger partial charge >= 0.3 is 11.9 Å². The summed E-state index contributed by atoms with van der Waals surface area (Å²) >= 11 is 0. The van der Waals surface area contributed by atoms with Crippen LogP contribution in [0, 0.1) is 23.2 Å². The zero-order valence-electron chi connectivity index (χ0n) is 20.6. The average Bonchev–Trinajstić information content (AvgIpc) is 2.77. The summed E-state index contributed by atoms with van der Waals surface area (Å²) in [4.78, 5) is 39.0. The van der Waals surface area contributed by atoms with Crippen molar-refractivity contribution in [2.75, 3.05) is 7.11 Å². The highest BCUT2D eigenvalue weighted by atomic mass is 16.5. The number of carbonyl (C=O) groups excluding carboxylic acids is 3. The van der Waals surface area contributed by atoms with Gasteiger partial charge in [-0.15, -0.1) is 0 Å². The van der Waals surface area contributed by atoms with E-state index in [1.165, 1.54) is 13.5 Å². The lowest BCUT2D eigenvalue weighted by atomic mass is 9.64. The van der Waals surface area contributed by atoms with Gasteiger partial charge in [0, 0.05) is 29.3 Å². The van der Waals surface area contributed by atoms with Crippen molar-refractivity contribution in [2.24, 2.45) is 23.2 Å². The molecular formula is C27H39NO5. The van der Waals surface area contributed by atoms with Crippen molar-refractivity contribution in [3.63, 3.8) is 0 Å². The Morgan fingerprint density at radius 3 is 2.27 bits per heavy atom. The lowest BCUT2D eigenvalue weighted by molar-refractivity contribution is -0.148. The fourth-order valence-corrected chi connectivity index (χ4v) is 6.48. The number of ketones is 1. The van der Waals surface area contributed by atoms with E-state index < -0.39 is 0 Å². The molecule has 2 fully saturated rings. The summed E-state index contributed by atoms with van der Waals surface area (Å²) in [6, 6.07) is 0. The Kier molecular flexibility index (Phi) is 7.01. The van der Waals surface area contributed by atoms with Crippen molar-refractivity contribution in [3.8, 4) is 0 Å². The van der Waals surface area contributed by atoms with E-state index in [1.807, 2.05) is 6.92 Å². The van der Waals surface area contributed by atoms with Crippen molar-refractivity contribution in [2.45, 2.75) is 97.5 Å². The maximum Gasteiger partial charge on any atom is 0.336 e. The molecule has 6 heteroatoms. The zero-order chi connectivity index (χ0) is 23.8. The third-order valence-electron chi connectivity index (χ3n) is 8.11. The van der Waals surface area contributed by atoms with E-state index in [2.05, 4.69) is 19.2 Å². The molecule has 2 saturated carbocycles. The van der Waals surface area contributed by atoms with Crippen LogP contribution in [0.3, 0.4) is 0 Å². The molecule has 0 saturated heterocycles. The highest BCUT2D eigenvalue weighted by molar-refractivity contribution is 6.02. The second-order valence-corrected chi connectivity index (χ2v) is 11.3. The third-order valence-corrected chi connectivity index (χ3v) is 8.11. The van der Waals surface area contributed by atoms with Crippen molar-refractivity contribution in [1.29, 1.82) is 0 Å². The Balaban J connectivity index is 1.64. The molecule has 0 bridgehead atoms. The first kappa shape index (κ1) is 24.0. The minimum absolute atomic E-state index is 0.0290.